The van der Waals surface area contributed by atoms with Gasteiger partial charge in [-0.2, -0.15) is 0 Å². The van der Waals surface area contributed by atoms with Crippen molar-refractivity contribution in [1.82, 2.24) is 5.32 Å². The molecule has 0 amide bonds. The normalized spacial score (nSPS) is 14.1. The Kier molecular flexibility index (Phi) is 4.56. The van der Waals surface area contributed by atoms with Crippen molar-refractivity contribution in [1.29, 1.82) is 0 Å². The predicted octanol–water partition coefficient (Wildman–Crippen LogP) is 4.89. The highest BCUT2D eigenvalue weighted by Crippen LogP contribution is 2.25. The monoisotopic (exact) mass is 277 g/mol. The Hall–Kier alpha value is -1.38. The van der Waals surface area contributed by atoms with Gasteiger partial charge in [-0.15, -0.1) is 0 Å². The molecular formula is C16H17ClFN. The van der Waals surface area contributed by atoms with Crippen molar-refractivity contribution in [3.63, 3.8) is 0 Å². The fourth-order valence-corrected chi connectivity index (χ4v) is 2.44. The third-order valence-electron chi connectivity index (χ3n) is 3.24. The van der Waals surface area contributed by atoms with Gasteiger partial charge in [0, 0.05) is 17.1 Å². The molecule has 0 saturated heterocycles. The van der Waals surface area contributed by atoms with Gasteiger partial charge in [-0.05, 0) is 43.2 Å². The lowest BCUT2D eigenvalue weighted by molar-refractivity contribution is 0.494. The lowest BCUT2D eigenvalue weighted by Crippen LogP contribution is -2.22. The van der Waals surface area contributed by atoms with Gasteiger partial charge < -0.3 is 5.32 Å². The van der Waals surface area contributed by atoms with Crippen molar-refractivity contribution in [3.8, 4) is 0 Å². The zero-order valence-electron chi connectivity index (χ0n) is 11.0. The van der Waals surface area contributed by atoms with E-state index in [1.165, 1.54) is 12.1 Å². The van der Waals surface area contributed by atoms with E-state index in [0.29, 0.717) is 0 Å². The van der Waals surface area contributed by atoms with E-state index >= 15 is 0 Å². The Morgan fingerprint density at radius 1 is 0.947 bits per heavy atom. The first-order valence-corrected chi connectivity index (χ1v) is 6.71. The number of nitrogens with one attached hydrogen (secondary N) is 1. The largest absolute Gasteiger partial charge is 0.304 e. The molecule has 0 bridgehead atoms. The van der Waals surface area contributed by atoms with E-state index in [-0.39, 0.29) is 17.9 Å². The van der Waals surface area contributed by atoms with E-state index in [1.807, 2.05) is 24.3 Å². The molecule has 0 aliphatic heterocycles. The lowest BCUT2D eigenvalue weighted by Gasteiger charge is -2.21. The minimum Gasteiger partial charge on any atom is -0.304 e. The van der Waals surface area contributed by atoms with Crippen LogP contribution in [0, 0.1) is 5.82 Å². The van der Waals surface area contributed by atoms with Gasteiger partial charge in [-0.3, -0.25) is 0 Å². The summed E-state index contributed by atoms with van der Waals surface area (Å²) in [5.41, 5.74) is 2.12. The van der Waals surface area contributed by atoms with Crippen molar-refractivity contribution in [2.24, 2.45) is 0 Å². The predicted molar refractivity (Wildman–Crippen MR) is 77.8 cm³/mol. The van der Waals surface area contributed by atoms with Crippen LogP contribution in [-0.2, 0) is 0 Å². The van der Waals surface area contributed by atoms with Crippen LogP contribution >= 0.6 is 11.6 Å². The molecule has 2 aromatic rings. The van der Waals surface area contributed by atoms with Crippen molar-refractivity contribution in [3.05, 3.63) is 70.5 Å². The summed E-state index contributed by atoms with van der Waals surface area (Å²) in [6.45, 7) is 4.13. The van der Waals surface area contributed by atoms with Gasteiger partial charge in [0.25, 0.3) is 0 Å². The summed E-state index contributed by atoms with van der Waals surface area (Å²) < 4.78 is 12.9. The van der Waals surface area contributed by atoms with E-state index in [2.05, 4.69) is 19.2 Å². The topological polar surface area (TPSA) is 12.0 Å². The van der Waals surface area contributed by atoms with Gasteiger partial charge in [-0.25, -0.2) is 4.39 Å². The molecule has 1 nitrogen and oxygen atoms in total. The van der Waals surface area contributed by atoms with E-state index in [1.54, 1.807) is 12.1 Å². The highest BCUT2D eigenvalue weighted by molar-refractivity contribution is 6.31. The molecule has 0 spiro atoms. The Balaban J connectivity index is 2.08. The first-order valence-electron chi connectivity index (χ1n) is 6.34. The van der Waals surface area contributed by atoms with Crippen LogP contribution in [0.25, 0.3) is 0 Å². The molecule has 2 aromatic carbocycles. The Labute approximate surface area is 118 Å². The molecule has 2 atom stereocenters. The molecule has 1 N–H and O–H groups in total. The second kappa shape index (κ2) is 6.18. The molecule has 2 rings (SSSR count). The van der Waals surface area contributed by atoms with Gasteiger partial charge in [0.15, 0.2) is 0 Å². The molecule has 3 heteroatoms. The van der Waals surface area contributed by atoms with Crippen molar-refractivity contribution in [2.75, 3.05) is 0 Å². The molecule has 0 aliphatic carbocycles. The molecular weight excluding hydrogens is 261 g/mol. The molecule has 100 valence electrons. The molecule has 0 heterocycles. The summed E-state index contributed by atoms with van der Waals surface area (Å²) in [5, 5.41) is 4.22. The smallest absolute Gasteiger partial charge is 0.123 e. The molecule has 0 radical (unpaired) electrons. The van der Waals surface area contributed by atoms with Gasteiger partial charge in [0.1, 0.15) is 5.82 Å². The first-order chi connectivity index (χ1) is 9.08. The molecule has 19 heavy (non-hydrogen) atoms. The van der Waals surface area contributed by atoms with Crippen LogP contribution in [0.1, 0.15) is 37.1 Å². The molecule has 0 aromatic heterocycles. The van der Waals surface area contributed by atoms with Gasteiger partial charge in [-0.1, -0.05) is 41.9 Å². The summed E-state index contributed by atoms with van der Waals surface area (Å²) in [5.74, 6) is -0.213. The number of halogens is 2. The summed E-state index contributed by atoms with van der Waals surface area (Å²) in [4.78, 5) is 0. The average Bonchev–Trinajstić information content (AvgIpc) is 2.39. The Morgan fingerprint density at radius 2 is 1.58 bits per heavy atom. The fraction of sp³-hybridized carbons (Fsp3) is 0.250. The summed E-state index contributed by atoms with van der Waals surface area (Å²) in [6.07, 6.45) is 0. The number of hydrogen-bond donors (Lipinski definition) is 1. The maximum absolute atomic E-state index is 12.9. The summed E-state index contributed by atoms with van der Waals surface area (Å²) >= 11 is 6.18. The molecule has 0 aliphatic rings. The lowest BCUT2D eigenvalue weighted by atomic mass is 10.0. The van der Waals surface area contributed by atoms with E-state index in [9.17, 15) is 4.39 Å². The van der Waals surface area contributed by atoms with Crippen molar-refractivity contribution < 1.29 is 4.39 Å². The zero-order valence-corrected chi connectivity index (χ0v) is 11.8. The van der Waals surface area contributed by atoms with Crippen LogP contribution in [-0.4, -0.2) is 0 Å². The minimum atomic E-state index is -0.213. The molecule has 0 unspecified atom stereocenters. The maximum atomic E-state index is 12.9. The Morgan fingerprint density at radius 3 is 2.21 bits per heavy atom. The van der Waals surface area contributed by atoms with Crippen LogP contribution in [0.4, 0.5) is 4.39 Å². The maximum Gasteiger partial charge on any atom is 0.123 e. The summed E-state index contributed by atoms with van der Waals surface area (Å²) in [6, 6.07) is 14.6. The minimum absolute atomic E-state index is 0.131. The average molecular weight is 278 g/mol. The summed E-state index contributed by atoms with van der Waals surface area (Å²) in [7, 11) is 0. The third-order valence-corrected chi connectivity index (χ3v) is 3.59. The van der Waals surface area contributed by atoms with Crippen LogP contribution in [0.2, 0.25) is 5.02 Å². The standard InChI is InChI=1S/C16H17ClFN/c1-11(13-7-9-14(18)10-8-13)19-12(2)15-5-3-4-6-16(15)17/h3-12,19H,1-2H3/t11-,12-/m0/s1. The number of hydrogen-bond acceptors (Lipinski definition) is 1. The van der Waals surface area contributed by atoms with E-state index in [0.717, 1.165) is 16.1 Å². The number of rotatable bonds is 4. The fourth-order valence-electron chi connectivity index (χ4n) is 2.14. The SMILES string of the molecule is C[C@H](N[C@@H](C)c1ccccc1Cl)c1ccc(F)cc1. The second-order valence-electron chi connectivity index (χ2n) is 4.68. The number of benzene rings is 2. The van der Waals surface area contributed by atoms with Crippen LogP contribution < -0.4 is 5.32 Å². The van der Waals surface area contributed by atoms with E-state index < -0.39 is 0 Å². The van der Waals surface area contributed by atoms with Gasteiger partial charge >= 0.3 is 0 Å². The van der Waals surface area contributed by atoms with Gasteiger partial charge in [0.2, 0.25) is 0 Å². The third kappa shape index (κ3) is 3.55. The van der Waals surface area contributed by atoms with Crippen molar-refractivity contribution in [2.45, 2.75) is 25.9 Å². The molecule has 0 saturated carbocycles. The highest BCUT2D eigenvalue weighted by Gasteiger charge is 2.13. The Bertz CT molecular complexity index is 539. The van der Waals surface area contributed by atoms with E-state index in [4.69, 9.17) is 11.6 Å². The molecule has 0 fully saturated rings. The van der Waals surface area contributed by atoms with Crippen LogP contribution in [0.3, 0.4) is 0 Å². The zero-order chi connectivity index (χ0) is 13.8. The van der Waals surface area contributed by atoms with Crippen molar-refractivity contribution >= 4 is 11.6 Å². The quantitative estimate of drug-likeness (QED) is 0.839. The highest BCUT2D eigenvalue weighted by atomic mass is 35.5. The second-order valence-corrected chi connectivity index (χ2v) is 5.09. The first kappa shape index (κ1) is 14.0. The van der Waals surface area contributed by atoms with Gasteiger partial charge in [0.05, 0.1) is 0 Å². The van der Waals surface area contributed by atoms with Crippen LogP contribution in [0.5, 0.6) is 0 Å². The van der Waals surface area contributed by atoms with Crippen LogP contribution in [0.15, 0.2) is 48.5 Å².